The summed E-state index contributed by atoms with van der Waals surface area (Å²) in [4.78, 5) is 2.81. The minimum atomic E-state index is 0.316. The van der Waals surface area contributed by atoms with Gasteiger partial charge in [0.1, 0.15) is 0 Å². The molecule has 1 aliphatic heterocycles. The van der Waals surface area contributed by atoms with Crippen LogP contribution in [0.3, 0.4) is 0 Å². The first kappa shape index (κ1) is 15.3. The van der Waals surface area contributed by atoms with Crippen LogP contribution in [0.4, 0.5) is 0 Å². The van der Waals surface area contributed by atoms with Gasteiger partial charge in [0.15, 0.2) is 0 Å². The van der Waals surface area contributed by atoms with Crippen LogP contribution in [0, 0.1) is 11.8 Å². The Labute approximate surface area is 120 Å². The summed E-state index contributed by atoms with van der Waals surface area (Å²) >= 11 is 0. The number of nitrogens with two attached hydrogens (primary N) is 1. The molecule has 2 fully saturated rings. The first-order valence-corrected chi connectivity index (χ1v) is 8.56. The Balaban J connectivity index is 2.15. The van der Waals surface area contributed by atoms with E-state index in [-0.39, 0.29) is 0 Å². The smallest absolute Gasteiger partial charge is 0.0337 e. The van der Waals surface area contributed by atoms with E-state index in [0.717, 1.165) is 24.4 Å². The number of hydrogen-bond acceptors (Lipinski definition) is 2. The lowest BCUT2D eigenvalue weighted by atomic mass is 9.70. The van der Waals surface area contributed by atoms with Crippen LogP contribution < -0.4 is 5.73 Å². The molecular weight excluding hydrogens is 232 g/mol. The van der Waals surface area contributed by atoms with E-state index in [9.17, 15) is 0 Å². The second-order valence-electron chi connectivity index (χ2n) is 7.42. The maximum absolute atomic E-state index is 6.30. The highest BCUT2D eigenvalue weighted by Crippen LogP contribution is 2.41. The van der Waals surface area contributed by atoms with Crippen molar-refractivity contribution >= 4 is 0 Å². The van der Waals surface area contributed by atoms with Crippen LogP contribution in [0.5, 0.6) is 0 Å². The fraction of sp³-hybridized carbons (Fsp3) is 1.00. The molecule has 0 aromatic heterocycles. The molecule has 0 amide bonds. The predicted octanol–water partition coefficient (Wildman–Crippen LogP) is 3.79. The Morgan fingerprint density at radius 1 is 1.16 bits per heavy atom. The number of rotatable bonds is 3. The minimum absolute atomic E-state index is 0.316. The fourth-order valence-electron chi connectivity index (χ4n) is 4.50. The van der Waals surface area contributed by atoms with E-state index >= 15 is 0 Å². The summed E-state index contributed by atoms with van der Waals surface area (Å²) in [6.45, 7) is 9.36. The normalized spacial score (nSPS) is 38.4. The van der Waals surface area contributed by atoms with Gasteiger partial charge < -0.3 is 5.73 Å². The maximum Gasteiger partial charge on any atom is 0.0337 e. The summed E-state index contributed by atoms with van der Waals surface area (Å²) in [5.74, 6) is 1.70. The van der Waals surface area contributed by atoms with Crippen molar-refractivity contribution in [3.63, 3.8) is 0 Å². The lowest BCUT2D eigenvalue weighted by Gasteiger charge is -2.51. The van der Waals surface area contributed by atoms with Crippen molar-refractivity contribution < 1.29 is 0 Å². The molecule has 112 valence electrons. The van der Waals surface area contributed by atoms with Gasteiger partial charge in [0, 0.05) is 18.1 Å². The van der Waals surface area contributed by atoms with Gasteiger partial charge in [0.2, 0.25) is 0 Å². The van der Waals surface area contributed by atoms with E-state index in [4.69, 9.17) is 5.73 Å². The molecule has 0 aromatic carbocycles. The Kier molecular flexibility index (Phi) is 5.30. The zero-order valence-corrected chi connectivity index (χ0v) is 13.3. The van der Waals surface area contributed by atoms with Gasteiger partial charge in [-0.05, 0) is 51.0 Å². The topological polar surface area (TPSA) is 29.3 Å². The summed E-state index contributed by atoms with van der Waals surface area (Å²) < 4.78 is 0. The minimum Gasteiger partial charge on any atom is -0.329 e. The van der Waals surface area contributed by atoms with Crippen molar-refractivity contribution in [1.82, 2.24) is 4.90 Å². The average Bonchev–Trinajstić information content (AvgIpc) is 2.63. The first-order chi connectivity index (χ1) is 9.09. The van der Waals surface area contributed by atoms with Crippen LogP contribution in [-0.4, -0.2) is 29.6 Å². The molecule has 1 saturated heterocycles. The van der Waals surface area contributed by atoms with Crippen molar-refractivity contribution in [1.29, 1.82) is 0 Å². The lowest BCUT2D eigenvalue weighted by molar-refractivity contribution is 0.000877. The summed E-state index contributed by atoms with van der Waals surface area (Å²) in [6.07, 6.45) is 11.0. The van der Waals surface area contributed by atoms with Crippen LogP contribution in [0.2, 0.25) is 0 Å². The molecule has 0 radical (unpaired) electrons. The van der Waals surface area contributed by atoms with Gasteiger partial charge in [-0.15, -0.1) is 0 Å². The Morgan fingerprint density at radius 3 is 2.63 bits per heavy atom. The van der Waals surface area contributed by atoms with E-state index in [0.29, 0.717) is 5.54 Å². The standard InChI is InChI=1S/C17H34N2/c1-14(2)16-9-7-10-17(12-16,13-18)19-11-6-4-5-8-15(19)3/h14-16H,4-13,18H2,1-3H3. The molecule has 2 aliphatic rings. The molecule has 1 saturated carbocycles. The van der Waals surface area contributed by atoms with Gasteiger partial charge in [0.05, 0.1) is 0 Å². The summed E-state index contributed by atoms with van der Waals surface area (Å²) in [7, 11) is 0. The van der Waals surface area contributed by atoms with Crippen LogP contribution in [0.15, 0.2) is 0 Å². The van der Waals surface area contributed by atoms with Crippen molar-refractivity contribution in [2.75, 3.05) is 13.1 Å². The summed E-state index contributed by atoms with van der Waals surface area (Å²) in [5.41, 5.74) is 6.62. The van der Waals surface area contributed by atoms with Crippen molar-refractivity contribution in [2.45, 2.75) is 83.7 Å². The predicted molar refractivity (Wildman–Crippen MR) is 83.2 cm³/mol. The van der Waals surface area contributed by atoms with Gasteiger partial charge >= 0.3 is 0 Å². The Bertz CT molecular complexity index is 276. The van der Waals surface area contributed by atoms with Crippen LogP contribution in [0.25, 0.3) is 0 Å². The Morgan fingerprint density at radius 2 is 1.95 bits per heavy atom. The monoisotopic (exact) mass is 266 g/mol. The van der Waals surface area contributed by atoms with Crippen LogP contribution >= 0.6 is 0 Å². The molecule has 2 heteroatoms. The van der Waals surface area contributed by atoms with Gasteiger partial charge in [0.25, 0.3) is 0 Å². The lowest BCUT2D eigenvalue weighted by Crippen LogP contribution is -2.59. The van der Waals surface area contributed by atoms with Crippen LogP contribution in [-0.2, 0) is 0 Å². The molecule has 19 heavy (non-hydrogen) atoms. The SMILES string of the molecule is CC(C)C1CCCC(CN)(N2CCCCCC2C)C1. The number of hydrogen-bond donors (Lipinski definition) is 1. The van der Waals surface area contributed by atoms with Gasteiger partial charge in [-0.1, -0.05) is 39.5 Å². The molecule has 1 aliphatic carbocycles. The third kappa shape index (κ3) is 3.33. The molecule has 2 rings (SSSR count). The maximum atomic E-state index is 6.30. The molecule has 0 spiro atoms. The third-order valence-electron chi connectivity index (χ3n) is 5.84. The average molecular weight is 266 g/mol. The molecule has 3 atom stereocenters. The first-order valence-electron chi connectivity index (χ1n) is 8.56. The van der Waals surface area contributed by atoms with Gasteiger partial charge in [-0.3, -0.25) is 4.90 Å². The number of nitrogens with zero attached hydrogens (tertiary/aromatic N) is 1. The summed E-state index contributed by atoms with van der Waals surface area (Å²) in [6, 6.07) is 0.733. The molecule has 1 heterocycles. The van der Waals surface area contributed by atoms with Gasteiger partial charge in [-0.2, -0.15) is 0 Å². The van der Waals surface area contributed by atoms with Gasteiger partial charge in [-0.25, -0.2) is 0 Å². The molecule has 0 bridgehead atoms. The second kappa shape index (κ2) is 6.58. The molecule has 2 N–H and O–H groups in total. The quantitative estimate of drug-likeness (QED) is 0.842. The van der Waals surface area contributed by atoms with Crippen molar-refractivity contribution in [3.05, 3.63) is 0 Å². The van der Waals surface area contributed by atoms with Crippen molar-refractivity contribution in [2.24, 2.45) is 17.6 Å². The van der Waals surface area contributed by atoms with E-state index in [1.807, 2.05) is 0 Å². The third-order valence-corrected chi connectivity index (χ3v) is 5.84. The largest absolute Gasteiger partial charge is 0.329 e. The highest BCUT2D eigenvalue weighted by molar-refractivity contribution is 4.99. The zero-order valence-electron chi connectivity index (χ0n) is 13.3. The van der Waals surface area contributed by atoms with E-state index < -0.39 is 0 Å². The van der Waals surface area contributed by atoms with E-state index in [1.54, 1.807) is 0 Å². The van der Waals surface area contributed by atoms with E-state index in [2.05, 4.69) is 25.7 Å². The number of likely N-dealkylation sites (tertiary alicyclic amines) is 1. The van der Waals surface area contributed by atoms with Crippen molar-refractivity contribution in [3.8, 4) is 0 Å². The molecule has 2 nitrogen and oxygen atoms in total. The molecule has 3 unspecified atom stereocenters. The molecular formula is C17H34N2. The molecule has 0 aromatic rings. The zero-order chi connectivity index (χ0) is 13.9. The fourth-order valence-corrected chi connectivity index (χ4v) is 4.50. The highest BCUT2D eigenvalue weighted by atomic mass is 15.2. The van der Waals surface area contributed by atoms with Crippen LogP contribution in [0.1, 0.15) is 72.1 Å². The highest BCUT2D eigenvalue weighted by Gasteiger charge is 2.42. The Hall–Kier alpha value is -0.0800. The second-order valence-corrected chi connectivity index (χ2v) is 7.42. The van der Waals surface area contributed by atoms with E-state index in [1.165, 1.54) is 57.9 Å². The summed E-state index contributed by atoms with van der Waals surface area (Å²) in [5, 5.41) is 0.